The molecule has 0 heterocycles. The maximum Gasteiger partial charge on any atom is 0.101 e. The van der Waals surface area contributed by atoms with Gasteiger partial charge in [-0.15, -0.1) is 0 Å². The Hall–Kier alpha value is -1.69. The molecule has 0 spiro atoms. The summed E-state index contributed by atoms with van der Waals surface area (Å²) in [6.45, 7) is 2.23. The topological polar surface area (TPSA) is 61.8 Å². The summed E-state index contributed by atoms with van der Waals surface area (Å²) in [6, 6.07) is 8.30. The molecular weight excluding hydrogens is 234 g/mol. The highest BCUT2D eigenvalue weighted by Gasteiger charge is 2.22. The van der Waals surface area contributed by atoms with Gasteiger partial charge in [0.25, 0.3) is 0 Å². The number of nitrogens with one attached hydrogen (secondary N) is 1. The lowest BCUT2D eigenvalue weighted by molar-refractivity contribution is 0.313. The van der Waals surface area contributed by atoms with Gasteiger partial charge in [-0.2, -0.15) is 5.26 Å². The number of rotatable bonds is 4. The molecule has 1 atom stereocenters. The summed E-state index contributed by atoms with van der Waals surface area (Å²) >= 11 is 0. The van der Waals surface area contributed by atoms with Crippen LogP contribution in [0.25, 0.3) is 0 Å². The molecule has 1 saturated carbocycles. The molecule has 2 rings (SSSR count). The third kappa shape index (κ3) is 3.41. The Kier molecular flexibility index (Phi) is 4.68. The van der Waals surface area contributed by atoms with E-state index in [0.29, 0.717) is 17.3 Å². The first-order chi connectivity index (χ1) is 9.24. The SMILES string of the molecule is CCC(Nc1ccc(N)c(C#N)c1)C1CCCCC1. The fourth-order valence-corrected chi connectivity index (χ4v) is 3.05. The number of anilines is 2. The predicted molar refractivity (Wildman–Crippen MR) is 79.8 cm³/mol. The van der Waals surface area contributed by atoms with E-state index in [1.807, 2.05) is 18.2 Å². The lowest BCUT2D eigenvalue weighted by atomic mass is 9.83. The molecule has 102 valence electrons. The van der Waals surface area contributed by atoms with Gasteiger partial charge in [0.2, 0.25) is 0 Å². The fourth-order valence-electron chi connectivity index (χ4n) is 3.05. The summed E-state index contributed by atoms with van der Waals surface area (Å²) in [6.07, 6.45) is 7.86. The van der Waals surface area contributed by atoms with E-state index >= 15 is 0 Å². The third-order valence-corrected chi connectivity index (χ3v) is 4.18. The van der Waals surface area contributed by atoms with E-state index < -0.39 is 0 Å². The first-order valence-corrected chi connectivity index (χ1v) is 7.30. The van der Waals surface area contributed by atoms with E-state index in [2.05, 4.69) is 18.3 Å². The molecule has 1 fully saturated rings. The largest absolute Gasteiger partial charge is 0.398 e. The van der Waals surface area contributed by atoms with Crippen molar-refractivity contribution in [2.75, 3.05) is 11.1 Å². The van der Waals surface area contributed by atoms with Crippen LogP contribution in [-0.2, 0) is 0 Å². The molecule has 1 aromatic carbocycles. The van der Waals surface area contributed by atoms with Crippen molar-refractivity contribution in [3.8, 4) is 6.07 Å². The number of hydrogen-bond donors (Lipinski definition) is 2. The van der Waals surface area contributed by atoms with E-state index in [9.17, 15) is 0 Å². The van der Waals surface area contributed by atoms with E-state index in [4.69, 9.17) is 11.0 Å². The minimum Gasteiger partial charge on any atom is -0.398 e. The highest BCUT2D eigenvalue weighted by molar-refractivity contribution is 5.62. The van der Waals surface area contributed by atoms with Crippen LogP contribution in [0.5, 0.6) is 0 Å². The summed E-state index contributed by atoms with van der Waals surface area (Å²) < 4.78 is 0. The average Bonchev–Trinajstić information content (AvgIpc) is 2.47. The molecular formula is C16H23N3. The van der Waals surface area contributed by atoms with Gasteiger partial charge in [-0.3, -0.25) is 0 Å². The molecule has 0 amide bonds. The van der Waals surface area contributed by atoms with Crippen LogP contribution in [0, 0.1) is 17.2 Å². The molecule has 1 aliphatic carbocycles. The molecule has 1 unspecified atom stereocenters. The van der Waals surface area contributed by atoms with Crippen molar-refractivity contribution < 1.29 is 0 Å². The molecule has 0 radical (unpaired) electrons. The summed E-state index contributed by atoms with van der Waals surface area (Å²) in [5.41, 5.74) is 7.89. The highest BCUT2D eigenvalue weighted by Crippen LogP contribution is 2.30. The first kappa shape index (κ1) is 13.7. The van der Waals surface area contributed by atoms with Gasteiger partial charge in [0.05, 0.1) is 5.56 Å². The Morgan fingerprint density at radius 3 is 2.74 bits per heavy atom. The quantitative estimate of drug-likeness (QED) is 0.804. The maximum atomic E-state index is 9.03. The Balaban J connectivity index is 2.07. The Morgan fingerprint density at radius 2 is 2.11 bits per heavy atom. The maximum absolute atomic E-state index is 9.03. The monoisotopic (exact) mass is 257 g/mol. The molecule has 3 nitrogen and oxygen atoms in total. The molecule has 0 aliphatic heterocycles. The van der Waals surface area contributed by atoms with Crippen molar-refractivity contribution in [1.29, 1.82) is 5.26 Å². The average molecular weight is 257 g/mol. The van der Waals surface area contributed by atoms with Gasteiger partial charge in [-0.1, -0.05) is 26.2 Å². The summed E-state index contributed by atoms with van der Waals surface area (Å²) in [5.74, 6) is 0.766. The number of nitrogens with zero attached hydrogens (tertiary/aromatic N) is 1. The molecule has 19 heavy (non-hydrogen) atoms. The summed E-state index contributed by atoms with van der Waals surface area (Å²) in [4.78, 5) is 0. The van der Waals surface area contributed by atoms with Crippen LogP contribution >= 0.6 is 0 Å². The van der Waals surface area contributed by atoms with E-state index in [0.717, 1.165) is 18.0 Å². The standard InChI is InChI=1S/C16H23N3/c1-2-16(12-6-4-3-5-7-12)19-14-8-9-15(18)13(10-14)11-17/h8-10,12,16,19H,2-7,18H2,1H3. The van der Waals surface area contributed by atoms with Gasteiger partial charge < -0.3 is 11.1 Å². The number of nitriles is 1. The highest BCUT2D eigenvalue weighted by atomic mass is 14.9. The van der Waals surface area contributed by atoms with Gasteiger partial charge in [-0.05, 0) is 43.4 Å². The lowest BCUT2D eigenvalue weighted by Crippen LogP contribution is -2.30. The second-order valence-electron chi connectivity index (χ2n) is 5.47. The number of nitrogens with two attached hydrogens (primary N) is 1. The van der Waals surface area contributed by atoms with Crippen LogP contribution in [0.3, 0.4) is 0 Å². The minimum atomic E-state index is 0.510. The number of nitrogen functional groups attached to an aromatic ring is 1. The van der Waals surface area contributed by atoms with E-state index in [-0.39, 0.29) is 0 Å². The Morgan fingerprint density at radius 1 is 1.37 bits per heavy atom. The number of hydrogen-bond acceptors (Lipinski definition) is 3. The van der Waals surface area contributed by atoms with Crippen molar-refractivity contribution in [3.63, 3.8) is 0 Å². The molecule has 0 bridgehead atoms. The zero-order valence-electron chi connectivity index (χ0n) is 11.7. The molecule has 3 heteroatoms. The molecule has 0 saturated heterocycles. The van der Waals surface area contributed by atoms with Gasteiger partial charge in [0, 0.05) is 17.4 Å². The minimum absolute atomic E-state index is 0.510. The van der Waals surface area contributed by atoms with Gasteiger partial charge in [-0.25, -0.2) is 0 Å². The van der Waals surface area contributed by atoms with E-state index in [1.54, 1.807) is 0 Å². The Bertz CT molecular complexity index is 456. The first-order valence-electron chi connectivity index (χ1n) is 7.30. The Labute approximate surface area is 115 Å². The van der Waals surface area contributed by atoms with Crippen LogP contribution in [0.4, 0.5) is 11.4 Å². The van der Waals surface area contributed by atoms with Crippen LogP contribution in [0.15, 0.2) is 18.2 Å². The molecule has 1 aromatic rings. The van der Waals surface area contributed by atoms with Gasteiger partial charge in [0.15, 0.2) is 0 Å². The van der Waals surface area contributed by atoms with Crippen LogP contribution in [-0.4, -0.2) is 6.04 Å². The second-order valence-corrected chi connectivity index (χ2v) is 5.47. The van der Waals surface area contributed by atoms with Crippen LogP contribution in [0.2, 0.25) is 0 Å². The summed E-state index contributed by atoms with van der Waals surface area (Å²) in [7, 11) is 0. The fraction of sp³-hybridized carbons (Fsp3) is 0.562. The predicted octanol–water partition coefficient (Wildman–Crippen LogP) is 3.91. The van der Waals surface area contributed by atoms with Crippen molar-refractivity contribution in [2.45, 2.75) is 51.5 Å². The molecule has 3 N–H and O–H groups in total. The number of benzene rings is 1. The van der Waals surface area contributed by atoms with Crippen molar-refractivity contribution in [3.05, 3.63) is 23.8 Å². The third-order valence-electron chi connectivity index (χ3n) is 4.18. The van der Waals surface area contributed by atoms with Crippen LogP contribution in [0.1, 0.15) is 51.0 Å². The lowest BCUT2D eigenvalue weighted by Gasteiger charge is -2.31. The smallest absolute Gasteiger partial charge is 0.101 e. The molecule has 0 aromatic heterocycles. The normalized spacial score (nSPS) is 17.7. The zero-order chi connectivity index (χ0) is 13.7. The van der Waals surface area contributed by atoms with E-state index in [1.165, 1.54) is 32.1 Å². The molecule has 1 aliphatic rings. The van der Waals surface area contributed by atoms with Gasteiger partial charge >= 0.3 is 0 Å². The summed E-state index contributed by atoms with van der Waals surface area (Å²) in [5, 5.41) is 12.6. The second kappa shape index (κ2) is 6.47. The van der Waals surface area contributed by atoms with Crippen LogP contribution < -0.4 is 11.1 Å². The van der Waals surface area contributed by atoms with Crippen molar-refractivity contribution >= 4 is 11.4 Å². The zero-order valence-corrected chi connectivity index (χ0v) is 11.7. The van der Waals surface area contributed by atoms with Crippen molar-refractivity contribution in [2.24, 2.45) is 5.92 Å². The van der Waals surface area contributed by atoms with Crippen molar-refractivity contribution in [1.82, 2.24) is 0 Å². The van der Waals surface area contributed by atoms with Gasteiger partial charge in [0.1, 0.15) is 6.07 Å².